The molecule has 11 heteroatoms. The van der Waals surface area contributed by atoms with Gasteiger partial charge in [-0.2, -0.15) is 4.98 Å². The Kier molecular flexibility index (Phi) is 6.80. The van der Waals surface area contributed by atoms with Gasteiger partial charge in [0.2, 0.25) is 11.8 Å². The van der Waals surface area contributed by atoms with Crippen molar-refractivity contribution in [2.75, 3.05) is 58.5 Å². The second kappa shape index (κ2) is 9.92. The number of nitrogens with zero attached hydrogens (tertiary/aromatic N) is 4. The lowest BCUT2D eigenvalue weighted by atomic mass is 10.2. The number of hydrogen-bond acceptors (Lipinski definition) is 10. The van der Waals surface area contributed by atoms with E-state index in [1.54, 1.807) is 29.2 Å². The summed E-state index contributed by atoms with van der Waals surface area (Å²) in [7, 11) is 3.06. The molecule has 0 aliphatic carbocycles. The predicted octanol–water partition coefficient (Wildman–Crippen LogP) is 0.934. The van der Waals surface area contributed by atoms with Gasteiger partial charge in [0.05, 0.1) is 38.0 Å². The molecule has 0 bridgehead atoms. The molecule has 1 fully saturated rings. The van der Waals surface area contributed by atoms with Crippen molar-refractivity contribution in [3.63, 3.8) is 0 Å². The van der Waals surface area contributed by atoms with Crippen LogP contribution in [0.15, 0.2) is 34.9 Å². The topological polar surface area (TPSA) is 131 Å². The van der Waals surface area contributed by atoms with Gasteiger partial charge in [-0.05, 0) is 18.2 Å². The van der Waals surface area contributed by atoms with Crippen LogP contribution in [-0.4, -0.2) is 90.7 Å². The summed E-state index contributed by atoms with van der Waals surface area (Å²) in [6.45, 7) is 1.42. The van der Waals surface area contributed by atoms with Crippen LogP contribution in [0.5, 0.6) is 17.4 Å². The van der Waals surface area contributed by atoms with Crippen molar-refractivity contribution in [3.05, 3.63) is 36.3 Å². The maximum atomic E-state index is 12.5. The molecule has 1 aliphatic heterocycles. The van der Waals surface area contributed by atoms with Crippen molar-refractivity contribution in [2.45, 2.75) is 6.10 Å². The van der Waals surface area contributed by atoms with Gasteiger partial charge < -0.3 is 38.6 Å². The SMILES string of the molecule is COc1cc2nc(N3CCN(C(=O)c4ccco4)CC3)nc(OCC(O)CO)c2cc1OC. The number of amides is 1. The molecule has 1 atom stereocenters. The highest BCUT2D eigenvalue weighted by atomic mass is 16.5. The quantitative estimate of drug-likeness (QED) is 0.503. The number of methoxy groups -OCH3 is 2. The van der Waals surface area contributed by atoms with Crippen LogP contribution in [0.25, 0.3) is 10.9 Å². The summed E-state index contributed by atoms with van der Waals surface area (Å²) in [6, 6.07) is 6.77. The van der Waals surface area contributed by atoms with Crippen LogP contribution in [0.3, 0.4) is 0 Å². The first kappa shape index (κ1) is 22.6. The number of benzene rings is 1. The number of furan rings is 1. The molecule has 2 N–H and O–H groups in total. The molecule has 4 rings (SSSR count). The molecule has 1 amide bonds. The average molecular weight is 458 g/mol. The summed E-state index contributed by atoms with van der Waals surface area (Å²) < 4.78 is 21.7. The highest BCUT2D eigenvalue weighted by Crippen LogP contribution is 2.36. The molecule has 0 saturated carbocycles. The Hall–Kier alpha value is -3.57. The third-order valence-corrected chi connectivity index (χ3v) is 5.36. The van der Waals surface area contributed by atoms with Gasteiger partial charge in [0.15, 0.2) is 17.3 Å². The molecule has 1 aromatic carbocycles. The summed E-state index contributed by atoms with van der Waals surface area (Å²) in [5.74, 6) is 1.82. The molecule has 3 aromatic rings. The van der Waals surface area contributed by atoms with Crippen molar-refractivity contribution in [3.8, 4) is 17.4 Å². The monoisotopic (exact) mass is 458 g/mol. The molecule has 0 spiro atoms. The van der Waals surface area contributed by atoms with Gasteiger partial charge in [-0.1, -0.05) is 0 Å². The van der Waals surface area contributed by atoms with Gasteiger partial charge in [-0.3, -0.25) is 4.79 Å². The van der Waals surface area contributed by atoms with Gasteiger partial charge in [0.25, 0.3) is 5.91 Å². The maximum absolute atomic E-state index is 12.5. The van der Waals surface area contributed by atoms with Crippen LogP contribution >= 0.6 is 0 Å². The number of aliphatic hydroxyl groups excluding tert-OH is 2. The number of piperazine rings is 1. The zero-order valence-electron chi connectivity index (χ0n) is 18.4. The second-order valence-corrected chi connectivity index (χ2v) is 7.46. The number of carbonyl (C=O) groups is 1. The largest absolute Gasteiger partial charge is 0.493 e. The van der Waals surface area contributed by atoms with Crippen molar-refractivity contribution < 1.29 is 33.6 Å². The summed E-state index contributed by atoms with van der Waals surface area (Å²) in [5, 5.41) is 19.4. The third kappa shape index (κ3) is 4.78. The molecular formula is C22H26N4O7. The lowest BCUT2D eigenvalue weighted by Crippen LogP contribution is -2.49. The zero-order chi connectivity index (χ0) is 23.4. The van der Waals surface area contributed by atoms with Crippen LogP contribution in [-0.2, 0) is 0 Å². The van der Waals surface area contributed by atoms with E-state index < -0.39 is 12.7 Å². The normalized spacial score (nSPS) is 14.9. The first-order chi connectivity index (χ1) is 16.0. The zero-order valence-corrected chi connectivity index (χ0v) is 18.4. The molecule has 2 aromatic heterocycles. The summed E-state index contributed by atoms with van der Waals surface area (Å²) in [6.07, 6.45) is 0.431. The first-order valence-electron chi connectivity index (χ1n) is 10.5. The van der Waals surface area contributed by atoms with Gasteiger partial charge in [-0.25, -0.2) is 4.98 Å². The number of aliphatic hydroxyl groups is 2. The van der Waals surface area contributed by atoms with E-state index in [4.69, 9.17) is 23.7 Å². The van der Waals surface area contributed by atoms with Gasteiger partial charge in [0.1, 0.15) is 12.7 Å². The number of carbonyl (C=O) groups excluding carboxylic acids is 1. The molecule has 33 heavy (non-hydrogen) atoms. The Labute approximate surface area is 190 Å². The Balaban J connectivity index is 1.61. The summed E-state index contributed by atoms with van der Waals surface area (Å²) >= 11 is 0. The van der Waals surface area contributed by atoms with Crippen molar-refractivity contribution in [1.29, 1.82) is 0 Å². The highest BCUT2D eigenvalue weighted by molar-refractivity contribution is 5.91. The molecule has 1 unspecified atom stereocenters. The number of rotatable bonds is 8. The van der Waals surface area contributed by atoms with Gasteiger partial charge in [0, 0.05) is 32.2 Å². The van der Waals surface area contributed by atoms with E-state index in [2.05, 4.69) is 9.97 Å². The minimum Gasteiger partial charge on any atom is -0.493 e. The van der Waals surface area contributed by atoms with E-state index in [1.165, 1.54) is 20.5 Å². The van der Waals surface area contributed by atoms with E-state index in [1.807, 2.05) is 4.90 Å². The van der Waals surface area contributed by atoms with Crippen LogP contribution < -0.4 is 19.1 Å². The van der Waals surface area contributed by atoms with Crippen molar-refractivity contribution in [2.24, 2.45) is 0 Å². The van der Waals surface area contributed by atoms with Crippen LogP contribution in [0.4, 0.5) is 5.95 Å². The van der Waals surface area contributed by atoms with E-state index in [0.29, 0.717) is 60.3 Å². The molecule has 3 heterocycles. The van der Waals surface area contributed by atoms with Crippen molar-refractivity contribution >= 4 is 22.8 Å². The molecule has 1 saturated heterocycles. The van der Waals surface area contributed by atoms with Gasteiger partial charge >= 0.3 is 0 Å². The average Bonchev–Trinajstić information content (AvgIpc) is 3.40. The van der Waals surface area contributed by atoms with E-state index in [0.717, 1.165) is 0 Å². The third-order valence-electron chi connectivity index (χ3n) is 5.36. The molecular weight excluding hydrogens is 432 g/mol. The Morgan fingerprint density at radius 3 is 2.52 bits per heavy atom. The van der Waals surface area contributed by atoms with E-state index in [9.17, 15) is 9.90 Å². The summed E-state index contributed by atoms with van der Waals surface area (Å²) in [4.78, 5) is 25.5. The van der Waals surface area contributed by atoms with E-state index in [-0.39, 0.29) is 18.4 Å². The number of ether oxygens (including phenoxy) is 3. The second-order valence-electron chi connectivity index (χ2n) is 7.46. The van der Waals surface area contributed by atoms with Crippen LogP contribution in [0.1, 0.15) is 10.6 Å². The smallest absolute Gasteiger partial charge is 0.289 e. The Morgan fingerprint density at radius 1 is 1.15 bits per heavy atom. The standard InChI is InChI=1S/C22H26N4O7/c1-30-18-10-15-16(11-19(18)31-2)23-22(24-20(15)33-13-14(28)12-27)26-7-5-25(6-8-26)21(29)17-4-3-9-32-17/h3-4,9-11,14,27-28H,5-8,12-13H2,1-2H3. The number of anilines is 1. The minimum absolute atomic E-state index is 0.137. The summed E-state index contributed by atoms with van der Waals surface area (Å²) in [5.41, 5.74) is 0.570. The molecule has 0 radical (unpaired) electrons. The van der Waals surface area contributed by atoms with E-state index >= 15 is 0 Å². The molecule has 176 valence electrons. The first-order valence-corrected chi connectivity index (χ1v) is 10.5. The predicted molar refractivity (Wildman–Crippen MR) is 118 cm³/mol. The number of fused-ring (bicyclic) bond motifs is 1. The van der Waals surface area contributed by atoms with Crippen LogP contribution in [0.2, 0.25) is 0 Å². The Morgan fingerprint density at radius 2 is 1.88 bits per heavy atom. The number of hydrogen-bond donors (Lipinski definition) is 2. The van der Waals surface area contributed by atoms with Crippen LogP contribution in [0, 0.1) is 0 Å². The van der Waals surface area contributed by atoms with Crippen molar-refractivity contribution in [1.82, 2.24) is 14.9 Å². The maximum Gasteiger partial charge on any atom is 0.289 e. The highest BCUT2D eigenvalue weighted by Gasteiger charge is 2.26. The lowest BCUT2D eigenvalue weighted by Gasteiger charge is -2.34. The molecule has 11 nitrogen and oxygen atoms in total. The fraction of sp³-hybridized carbons (Fsp3) is 0.409. The minimum atomic E-state index is -1.05. The van der Waals surface area contributed by atoms with Gasteiger partial charge in [-0.15, -0.1) is 0 Å². The number of aromatic nitrogens is 2. The molecule has 1 aliphatic rings. The fourth-order valence-electron chi connectivity index (χ4n) is 3.56. The fourth-order valence-corrected chi connectivity index (χ4v) is 3.56. The lowest BCUT2D eigenvalue weighted by molar-refractivity contribution is 0.0526. The Bertz CT molecular complexity index is 1100.